The van der Waals surface area contributed by atoms with Gasteiger partial charge >= 0.3 is 0 Å². The fourth-order valence-electron chi connectivity index (χ4n) is 2.87. The van der Waals surface area contributed by atoms with Crippen LogP contribution in [0, 0.1) is 13.8 Å². The zero-order chi connectivity index (χ0) is 19.6. The number of aryl methyl sites for hydroxylation is 2. The summed E-state index contributed by atoms with van der Waals surface area (Å²) < 4.78 is 6.12. The minimum Gasteiger partial charge on any atom is -0.496 e. The van der Waals surface area contributed by atoms with Crippen molar-refractivity contribution >= 4 is 50.5 Å². The van der Waals surface area contributed by atoms with Crippen molar-refractivity contribution in [3.63, 3.8) is 0 Å². The first-order chi connectivity index (χ1) is 12.9. The van der Waals surface area contributed by atoms with Crippen molar-refractivity contribution in [2.75, 3.05) is 13.7 Å². The third-order valence-electron chi connectivity index (χ3n) is 4.32. The Morgan fingerprint density at radius 2 is 1.93 bits per heavy atom. The molecule has 27 heavy (non-hydrogen) atoms. The van der Waals surface area contributed by atoms with E-state index in [1.54, 1.807) is 12.0 Å². The van der Waals surface area contributed by atoms with E-state index in [-0.39, 0.29) is 5.91 Å². The number of aliphatic imine (C=N–C) groups is 1. The molecule has 6 heteroatoms. The van der Waals surface area contributed by atoms with Gasteiger partial charge in [0.2, 0.25) is 0 Å². The number of hydrogen-bond donors (Lipinski definition) is 0. The molecule has 0 atom stereocenters. The van der Waals surface area contributed by atoms with E-state index in [0.717, 1.165) is 37.8 Å². The Bertz CT molecular complexity index is 933. The van der Waals surface area contributed by atoms with Gasteiger partial charge in [-0.05, 0) is 83.4 Å². The standard InChI is InChI=1S/C21H21BrN2O2S/c1-5-24-20(25)18(12-15-9-10-17(26-4)16(22)11-15)27-21(24)23-19-13(2)7-6-8-14(19)3/h6-12H,5H2,1-4H3/b18-12+,23-21?. The van der Waals surface area contributed by atoms with Crippen molar-refractivity contribution in [1.29, 1.82) is 0 Å². The first-order valence-electron chi connectivity index (χ1n) is 8.64. The van der Waals surface area contributed by atoms with Gasteiger partial charge < -0.3 is 4.74 Å². The second kappa shape index (κ2) is 8.31. The van der Waals surface area contributed by atoms with E-state index in [1.165, 1.54) is 11.8 Å². The van der Waals surface area contributed by atoms with Crippen LogP contribution in [0.4, 0.5) is 5.69 Å². The number of carbonyl (C=O) groups excluding carboxylic acids is 1. The molecule has 4 nitrogen and oxygen atoms in total. The summed E-state index contributed by atoms with van der Waals surface area (Å²) in [4.78, 5) is 20.0. The second-order valence-electron chi connectivity index (χ2n) is 6.19. The highest BCUT2D eigenvalue weighted by Crippen LogP contribution is 2.36. The number of rotatable bonds is 4. The number of para-hydroxylation sites is 1. The number of benzene rings is 2. The summed E-state index contributed by atoms with van der Waals surface area (Å²) in [5.74, 6) is 0.745. The molecule has 2 aromatic rings. The van der Waals surface area contributed by atoms with Gasteiger partial charge in [0.15, 0.2) is 5.17 Å². The summed E-state index contributed by atoms with van der Waals surface area (Å²) in [6.07, 6.45) is 1.90. The van der Waals surface area contributed by atoms with E-state index in [9.17, 15) is 4.79 Å². The van der Waals surface area contributed by atoms with Crippen LogP contribution < -0.4 is 4.74 Å². The lowest BCUT2D eigenvalue weighted by atomic mass is 10.1. The molecule has 3 rings (SSSR count). The molecule has 0 aliphatic carbocycles. The van der Waals surface area contributed by atoms with E-state index in [4.69, 9.17) is 9.73 Å². The predicted octanol–water partition coefficient (Wildman–Crippen LogP) is 5.70. The summed E-state index contributed by atoms with van der Waals surface area (Å²) in [7, 11) is 1.63. The van der Waals surface area contributed by atoms with Gasteiger partial charge in [-0.25, -0.2) is 4.99 Å². The maximum absolute atomic E-state index is 12.8. The number of hydrogen-bond acceptors (Lipinski definition) is 4. The van der Waals surface area contributed by atoms with Crippen molar-refractivity contribution in [3.05, 3.63) is 62.5 Å². The first kappa shape index (κ1) is 19.7. The monoisotopic (exact) mass is 444 g/mol. The van der Waals surface area contributed by atoms with Crippen LogP contribution in [0.25, 0.3) is 6.08 Å². The van der Waals surface area contributed by atoms with Crippen LogP contribution in [0.2, 0.25) is 0 Å². The van der Waals surface area contributed by atoms with E-state index < -0.39 is 0 Å². The molecule has 1 saturated heterocycles. The van der Waals surface area contributed by atoms with Crippen LogP contribution in [-0.2, 0) is 4.79 Å². The summed E-state index contributed by atoms with van der Waals surface area (Å²) in [5.41, 5.74) is 4.06. The van der Waals surface area contributed by atoms with Crippen molar-refractivity contribution in [2.24, 2.45) is 4.99 Å². The van der Waals surface area contributed by atoms with Gasteiger partial charge in [0, 0.05) is 6.54 Å². The molecule has 0 bridgehead atoms. The molecule has 0 aromatic heterocycles. The molecule has 1 heterocycles. The van der Waals surface area contributed by atoms with Crippen LogP contribution in [0.1, 0.15) is 23.6 Å². The Morgan fingerprint density at radius 3 is 2.52 bits per heavy atom. The predicted molar refractivity (Wildman–Crippen MR) is 117 cm³/mol. The molecule has 1 fully saturated rings. The van der Waals surface area contributed by atoms with Crippen LogP contribution >= 0.6 is 27.7 Å². The number of ether oxygens (including phenoxy) is 1. The number of amides is 1. The third kappa shape index (κ3) is 4.12. The van der Waals surface area contributed by atoms with Gasteiger partial charge in [-0.3, -0.25) is 9.69 Å². The van der Waals surface area contributed by atoms with Gasteiger partial charge in [0.1, 0.15) is 5.75 Å². The van der Waals surface area contributed by atoms with Crippen LogP contribution in [0.5, 0.6) is 5.75 Å². The lowest BCUT2D eigenvalue weighted by Gasteiger charge is -2.13. The molecule has 1 aliphatic heterocycles. The quantitative estimate of drug-likeness (QED) is 0.567. The summed E-state index contributed by atoms with van der Waals surface area (Å²) in [5, 5.41) is 0.721. The highest BCUT2D eigenvalue weighted by molar-refractivity contribution is 9.10. The van der Waals surface area contributed by atoms with Crippen molar-refractivity contribution in [2.45, 2.75) is 20.8 Å². The summed E-state index contributed by atoms with van der Waals surface area (Å²) in [6, 6.07) is 11.8. The van der Waals surface area contributed by atoms with Gasteiger partial charge in [0.05, 0.1) is 22.2 Å². The van der Waals surface area contributed by atoms with E-state index in [0.29, 0.717) is 11.4 Å². The van der Waals surface area contributed by atoms with Crippen LogP contribution in [0.3, 0.4) is 0 Å². The van der Waals surface area contributed by atoms with Crippen molar-refractivity contribution < 1.29 is 9.53 Å². The highest BCUT2D eigenvalue weighted by atomic mass is 79.9. The topological polar surface area (TPSA) is 41.9 Å². The van der Waals surface area contributed by atoms with Gasteiger partial charge in [-0.1, -0.05) is 24.3 Å². The van der Waals surface area contributed by atoms with E-state index in [2.05, 4.69) is 15.9 Å². The van der Waals surface area contributed by atoms with E-state index in [1.807, 2.05) is 63.2 Å². The SMILES string of the molecule is CCN1C(=O)/C(=C\c2ccc(OC)c(Br)c2)SC1=Nc1c(C)cccc1C. The molecule has 0 N–H and O–H groups in total. The lowest BCUT2D eigenvalue weighted by Crippen LogP contribution is -2.28. The normalized spacial score (nSPS) is 17.2. The molecule has 2 aromatic carbocycles. The Hall–Kier alpha value is -2.05. The minimum atomic E-state index is -0.0144. The Kier molecular flexibility index (Phi) is 6.07. The zero-order valence-corrected chi connectivity index (χ0v) is 18.1. The van der Waals surface area contributed by atoms with Gasteiger partial charge in [0.25, 0.3) is 5.91 Å². The Morgan fingerprint density at radius 1 is 1.22 bits per heavy atom. The number of carbonyl (C=O) groups is 1. The average molecular weight is 445 g/mol. The molecular formula is C21H21BrN2O2S. The van der Waals surface area contributed by atoms with Crippen LogP contribution in [-0.4, -0.2) is 29.6 Å². The molecule has 0 radical (unpaired) electrons. The number of likely N-dealkylation sites (N-methyl/N-ethyl adjacent to an activating group) is 1. The second-order valence-corrected chi connectivity index (χ2v) is 8.05. The third-order valence-corrected chi connectivity index (χ3v) is 5.95. The van der Waals surface area contributed by atoms with Gasteiger partial charge in [-0.2, -0.15) is 0 Å². The lowest BCUT2D eigenvalue weighted by molar-refractivity contribution is -0.122. The fourth-order valence-corrected chi connectivity index (χ4v) is 4.48. The number of thioether (sulfide) groups is 1. The fraction of sp³-hybridized carbons (Fsp3) is 0.238. The zero-order valence-electron chi connectivity index (χ0n) is 15.7. The van der Waals surface area contributed by atoms with Crippen molar-refractivity contribution in [1.82, 2.24) is 4.90 Å². The highest BCUT2D eigenvalue weighted by Gasteiger charge is 2.32. The molecule has 1 aliphatic rings. The smallest absolute Gasteiger partial charge is 0.266 e. The Labute approximate surface area is 172 Å². The molecule has 140 valence electrons. The van der Waals surface area contributed by atoms with E-state index >= 15 is 0 Å². The number of nitrogens with zero attached hydrogens (tertiary/aromatic N) is 2. The maximum atomic E-state index is 12.8. The van der Waals surface area contributed by atoms with Crippen molar-refractivity contribution in [3.8, 4) is 5.75 Å². The number of amidine groups is 1. The Balaban J connectivity index is 1.97. The maximum Gasteiger partial charge on any atom is 0.266 e. The number of halogens is 1. The van der Waals surface area contributed by atoms with Crippen LogP contribution in [0.15, 0.2) is 50.8 Å². The minimum absolute atomic E-state index is 0.0144. The number of methoxy groups -OCH3 is 1. The summed E-state index contributed by atoms with van der Waals surface area (Å²) in [6.45, 7) is 6.62. The molecule has 0 unspecified atom stereocenters. The first-order valence-corrected chi connectivity index (χ1v) is 10.3. The molecule has 1 amide bonds. The molecule has 0 saturated carbocycles. The van der Waals surface area contributed by atoms with Gasteiger partial charge in [-0.15, -0.1) is 0 Å². The molecular weight excluding hydrogens is 424 g/mol. The largest absolute Gasteiger partial charge is 0.496 e. The average Bonchev–Trinajstić information content (AvgIpc) is 2.93. The summed E-state index contributed by atoms with van der Waals surface area (Å²) >= 11 is 4.90. The molecule has 0 spiro atoms.